The summed E-state index contributed by atoms with van der Waals surface area (Å²) in [6, 6.07) is 3.14. The van der Waals surface area contributed by atoms with Crippen LogP contribution in [0, 0.1) is 0 Å². The topological polar surface area (TPSA) is 66.8 Å². The Balaban J connectivity index is 2.51. The molecule has 0 spiro atoms. The fourth-order valence-corrected chi connectivity index (χ4v) is 2.15. The number of aromatic hydroxyl groups is 1. The van der Waals surface area contributed by atoms with E-state index in [1.165, 1.54) is 13.2 Å². The van der Waals surface area contributed by atoms with Gasteiger partial charge in [0.15, 0.2) is 0 Å². The number of carbonyl (C=O) groups is 1. The fourth-order valence-electron chi connectivity index (χ4n) is 1.76. The van der Waals surface area contributed by atoms with Crippen molar-refractivity contribution in [2.45, 2.75) is 18.3 Å². The molecule has 0 heterocycles. The minimum Gasteiger partial charge on any atom is -0.507 e. The second-order valence-electron chi connectivity index (χ2n) is 3.90. The van der Waals surface area contributed by atoms with E-state index in [-0.39, 0.29) is 5.75 Å². The Bertz CT molecular complexity index is 452. The highest BCUT2D eigenvalue weighted by Gasteiger charge is 2.52. The van der Waals surface area contributed by atoms with Gasteiger partial charge in [-0.25, -0.2) is 0 Å². The molecule has 0 bridgehead atoms. The highest BCUT2D eigenvalue weighted by Crippen LogP contribution is 2.51. The van der Waals surface area contributed by atoms with E-state index in [0.29, 0.717) is 28.6 Å². The monoisotopic (exact) mass is 286 g/mol. The van der Waals surface area contributed by atoms with Crippen LogP contribution in [0.25, 0.3) is 0 Å². The zero-order chi connectivity index (χ0) is 11.9. The summed E-state index contributed by atoms with van der Waals surface area (Å²) in [4.78, 5) is 11.1. The largest absolute Gasteiger partial charge is 0.507 e. The lowest BCUT2D eigenvalue weighted by Crippen LogP contribution is -2.19. The molecule has 1 aromatic carbocycles. The molecule has 1 saturated carbocycles. The number of rotatable bonds is 3. The van der Waals surface area contributed by atoms with Crippen LogP contribution in [-0.4, -0.2) is 23.3 Å². The van der Waals surface area contributed by atoms with Crippen molar-refractivity contribution in [3.8, 4) is 11.5 Å². The van der Waals surface area contributed by atoms with Gasteiger partial charge in [0.1, 0.15) is 16.0 Å². The molecule has 4 nitrogen and oxygen atoms in total. The molecular weight excluding hydrogens is 276 g/mol. The van der Waals surface area contributed by atoms with Crippen LogP contribution in [0.5, 0.6) is 11.5 Å². The maximum Gasteiger partial charge on any atom is 0.314 e. The Hall–Kier alpha value is -1.23. The summed E-state index contributed by atoms with van der Waals surface area (Å²) in [6.45, 7) is 0. The maximum absolute atomic E-state index is 11.1. The van der Waals surface area contributed by atoms with Crippen LogP contribution in [-0.2, 0) is 10.2 Å². The van der Waals surface area contributed by atoms with Crippen molar-refractivity contribution < 1.29 is 19.7 Å². The van der Waals surface area contributed by atoms with Gasteiger partial charge in [0.2, 0.25) is 0 Å². The second-order valence-corrected chi connectivity index (χ2v) is 4.69. The molecule has 2 N–H and O–H groups in total. The Kier molecular flexibility index (Phi) is 2.58. The van der Waals surface area contributed by atoms with Crippen molar-refractivity contribution in [1.82, 2.24) is 0 Å². The highest BCUT2D eigenvalue weighted by atomic mass is 79.9. The van der Waals surface area contributed by atoms with E-state index in [0.717, 1.165) is 0 Å². The molecule has 1 aliphatic rings. The van der Waals surface area contributed by atoms with Crippen LogP contribution >= 0.6 is 15.9 Å². The SMILES string of the molecule is COc1cc(C2(C(=O)O)CC2)cc(O)c1Br. The summed E-state index contributed by atoms with van der Waals surface area (Å²) in [5.41, 5.74) is -0.233. The minimum absolute atomic E-state index is 0.00174. The molecule has 0 unspecified atom stereocenters. The Morgan fingerprint density at radius 3 is 2.56 bits per heavy atom. The number of carboxylic acid groups (broad SMARTS) is 1. The lowest BCUT2D eigenvalue weighted by molar-refractivity contribution is -0.140. The Labute approximate surface area is 101 Å². The molecule has 1 aliphatic carbocycles. The van der Waals surface area contributed by atoms with E-state index in [1.807, 2.05) is 0 Å². The average Bonchev–Trinajstić information content (AvgIpc) is 3.02. The smallest absolute Gasteiger partial charge is 0.314 e. The van der Waals surface area contributed by atoms with Crippen LogP contribution in [0.1, 0.15) is 18.4 Å². The summed E-state index contributed by atoms with van der Waals surface area (Å²) < 4.78 is 5.51. The third kappa shape index (κ3) is 1.55. The van der Waals surface area contributed by atoms with Gasteiger partial charge in [-0.05, 0) is 46.5 Å². The number of phenolic OH excluding ortho intramolecular Hbond substituents is 1. The molecule has 0 aliphatic heterocycles. The van der Waals surface area contributed by atoms with Crippen LogP contribution in [0.4, 0.5) is 0 Å². The molecule has 5 heteroatoms. The molecule has 1 aromatic rings. The van der Waals surface area contributed by atoms with Gasteiger partial charge < -0.3 is 14.9 Å². The van der Waals surface area contributed by atoms with Crippen molar-refractivity contribution in [2.24, 2.45) is 0 Å². The van der Waals surface area contributed by atoms with Gasteiger partial charge in [-0.1, -0.05) is 0 Å². The Morgan fingerprint density at radius 2 is 2.12 bits per heavy atom. The average molecular weight is 287 g/mol. The summed E-state index contributed by atoms with van der Waals surface area (Å²) >= 11 is 3.18. The summed E-state index contributed by atoms with van der Waals surface area (Å²) in [7, 11) is 1.48. The van der Waals surface area contributed by atoms with Crippen LogP contribution in [0.2, 0.25) is 0 Å². The van der Waals surface area contributed by atoms with Crippen LogP contribution in [0.15, 0.2) is 16.6 Å². The third-order valence-electron chi connectivity index (χ3n) is 2.95. The van der Waals surface area contributed by atoms with Crippen molar-refractivity contribution >= 4 is 21.9 Å². The lowest BCUT2D eigenvalue weighted by atomic mass is 9.96. The Morgan fingerprint density at radius 1 is 1.50 bits per heavy atom. The lowest BCUT2D eigenvalue weighted by Gasteiger charge is -2.13. The molecule has 0 saturated heterocycles. The molecule has 0 atom stereocenters. The van der Waals surface area contributed by atoms with Gasteiger partial charge in [0, 0.05) is 0 Å². The van der Waals surface area contributed by atoms with Crippen molar-refractivity contribution in [3.63, 3.8) is 0 Å². The summed E-state index contributed by atoms with van der Waals surface area (Å²) in [5.74, 6) is -0.402. The predicted molar refractivity (Wildman–Crippen MR) is 60.9 cm³/mol. The number of ether oxygens (including phenoxy) is 1. The van der Waals surface area contributed by atoms with Gasteiger partial charge >= 0.3 is 5.97 Å². The zero-order valence-electron chi connectivity index (χ0n) is 8.66. The van der Waals surface area contributed by atoms with Gasteiger partial charge in [-0.15, -0.1) is 0 Å². The first-order valence-electron chi connectivity index (χ1n) is 4.81. The van der Waals surface area contributed by atoms with Crippen molar-refractivity contribution in [1.29, 1.82) is 0 Å². The van der Waals surface area contributed by atoms with E-state index in [2.05, 4.69) is 15.9 Å². The quantitative estimate of drug-likeness (QED) is 0.895. The second kappa shape index (κ2) is 3.66. The van der Waals surface area contributed by atoms with E-state index in [4.69, 9.17) is 9.84 Å². The highest BCUT2D eigenvalue weighted by molar-refractivity contribution is 9.10. The molecule has 2 rings (SSSR count). The molecule has 0 amide bonds. The van der Waals surface area contributed by atoms with E-state index >= 15 is 0 Å². The first-order chi connectivity index (χ1) is 7.51. The van der Waals surface area contributed by atoms with Gasteiger partial charge in [-0.3, -0.25) is 4.79 Å². The zero-order valence-corrected chi connectivity index (χ0v) is 10.2. The number of carboxylic acids is 1. The molecule has 0 radical (unpaired) electrons. The predicted octanol–water partition coefficient (Wildman–Crippen LogP) is 2.28. The fraction of sp³-hybridized carbons (Fsp3) is 0.364. The van der Waals surface area contributed by atoms with Crippen LogP contribution < -0.4 is 4.74 Å². The molecule has 0 aromatic heterocycles. The number of hydrogen-bond acceptors (Lipinski definition) is 3. The molecule has 86 valence electrons. The number of methoxy groups -OCH3 is 1. The molecular formula is C11H11BrO4. The van der Waals surface area contributed by atoms with Crippen molar-refractivity contribution in [2.75, 3.05) is 7.11 Å². The van der Waals surface area contributed by atoms with Crippen LogP contribution in [0.3, 0.4) is 0 Å². The van der Waals surface area contributed by atoms with Gasteiger partial charge in [-0.2, -0.15) is 0 Å². The molecule has 1 fully saturated rings. The van der Waals surface area contributed by atoms with E-state index < -0.39 is 11.4 Å². The summed E-state index contributed by atoms with van der Waals surface area (Å²) in [6.07, 6.45) is 1.21. The minimum atomic E-state index is -0.851. The number of benzene rings is 1. The number of hydrogen-bond donors (Lipinski definition) is 2. The maximum atomic E-state index is 11.1. The van der Waals surface area contributed by atoms with Gasteiger partial charge in [0.25, 0.3) is 0 Å². The van der Waals surface area contributed by atoms with E-state index in [1.54, 1.807) is 6.07 Å². The first-order valence-corrected chi connectivity index (χ1v) is 5.61. The first kappa shape index (κ1) is 11.3. The number of aliphatic carboxylic acids is 1. The number of halogens is 1. The van der Waals surface area contributed by atoms with E-state index in [9.17, 15) is 9.90 Å². The van der Waals surface area contributed by atoms with Crippen molar-refractivity contribution in [3.05, 3.63) is 22.2 Å². The standard InChI is InChI=1S/C11H11BrO4/c1-16-8-5-6(4-7(13)9(8)12)11(2-3-11)10(14)15/h4-5,13H,2-3H2,1H3,(H,14,15). The third-order valence-corrected chi connectivity index (χ3v) is 3.75. The normalized spacial score (nSPS) is 16.9. The number of phenols is 1. The summed E-state index contributed by atoms with van der Waals surface area (Å²) in [5, 5.41) is 18.8. The van der Waals surface area contributed by atoms with Gasteiger partial charge in [0.05, 0.1) is 12.5 Å². The molecule has 16 heavy (non-hydrogen) atoms.